The van der Waals surface area contributed by atoms with Gasteiger partial charge in [0, 0.05) is 25.9 Å². The SMILES string of the molecule is CC1(CCCCCC#CCCCCO)OCCO1. The van der Waals surface area contributed by atoms with Crippen molar-refractivity contribution >= 4 is 0 Å². The van der Waals surface area contributed by atoms with Crippen LogP contribution in [0.15, 0.2) is 0 Å². The molecule has 0 amide bonds. The van der Waals surface area contributed by atoms with Crippen LogP contribution in [0.3, 0.4) is 0 Å². The number of rotatable bonds is 8. The van der Waals surface area contributed by atoms with Crippen LogP contribution in [0.1, 0.15) is 58.3 Å². The Morgan fingerprint density at radius 2 is 1.56 bits per heavy atom. The van der Waals surface area contributed by atoms with Crippen LogP contribution in [-0.2, 0) is 9.47 Å². The average molecular weight is 254 g/mol. The van der Waals surface area contributed by atoms with E-state index < -0.39 is 0 Å². The van der Waals surface area contributed by atoms with Crippen molar-refractivity contribution in [3.05, 3.63) is 0 Å². The third-order valence-corrected chi connectivity index (χ3v) is 3.17. The fourth-order valence-corrected chi connectivity index (χ4v) is 2.04. The molecule has 1 aliphatic rings. The molecule has 104 valence electrons. The van der Waals surface area contributed by atoms with E-state index in [2.05, 4.69) is 11.8 Å². The molecular weight excluding hydrogens is 228 g/mol. The molecular formula is C15H26O3. The Morgan fingerprint density at radius 1 is 0.944 bits per heavy atom. The summed E-state index contributed by atoms with van der Waals surface area (Å²) < 4.78 is 11.1. The zero-order chi connectivity index (χ0) is 13.1. The highest BCUT2D eigenvalue weighted by Gasteiger charge is 2.29. The highest BCUT2D eigenvalue weighted by atomic mass is 16.7. The van der Waals surface area contributed by atoms with Gasteiger partial charge in [0.2, 0.25) is 0 Å². The predicted octanol–water partition coefficient (Wildman–Crippen LogP) is 2.87. The molecule has 0 bridgehead atoms. The molecule has 1 fully saturated rings. The maximum atomic E-state index is 8.61. The maximum absolute atomic E-state index is 8.61. The van der Waals surface area contributed by atoms with E-state index in [-0.39, 0.29) is 12.4 Å². The normalized spacial score (nSPS) is 17.4. The molecule has 3 heteroatoms. The van der Waals surface area contributed by atoms with Crippen molar-refractivity contribution in [3.63, 3.8) is 0 Å². The van der Waals surface area contributed by atoms with Gasteiger partial charge in [-0.25, -0.2) is 0 Å². The zero-order valence-corrected chi connectivity index (χ0v) is 11.5. The molecule has 1 N–H and O–H groups in total. The Morgan fingerprint density at radius 3 is 2.17 bits per heavy atom. The fourth-order valence-electron chi connectivity index (χ4n) is 2.04. The van der Waals surface area contributed by atoms with Gasteiger partial charge in [-0.2, -0.15) is 0 Å². The van der Waals surface area contributed by atoms with Gasteiger partial charge in [-0.3, -0.25) is 0 Å². The van der Waals surface area contributed by atoms with Gasteiger partial charge >= 0.3 is 0 Å². The molecule has 0 aromatic rings. The monoisotopic (exact) mass is 254 g/mol. The van der Waals surface area contributed by atoms with Crippen molar-refractivity contribution in [2.45, 2.75) is 64.1 Å². The lowest BCUT2D eigenvalue weighted by atomic mass is 10.1. The molecule has 0 aliphatic carbocycles. The van der Waals surface area contributed by atoms with Gasteiger partial charge in [-0.15, -0.1) is 11.8 Å². The third kappa shape index (κ3) is 7.00. The Bertz CT molecular complexity index is 259. The molecule has 1 heterocycles. The second kappa shape index (κ2) is 9.38. The van der Waals surface area contributed by atoms with Crippen LogP contribution in [0.5, 0.6) is 0 Å². The molecule has 1 saturated heterocycles. The molecule has 0 aromatic carbocycles. The minimum Gasteiger partial charge on any atom is -0.396 e. The minimum atomic E-state index is -0.323. The second-order valence-corrected chi connectivity index (χ2v) is 4.93. The molecule has 0 aromatic heterocycles. The van der Waals surface area contributed by atoms with E-state index in [1.54, 1.807) is 0 Å². The van der Waals surface area contributed by atoms with Gasteiger partial charge in [0.15, 0.2) is 5.79 Å². The fraction of sp³-hybridized carbons (Fsp3) is 0.867. The van der Waals surface area contributed by atoms with E-state index >= 15 is 0 Å². The summed E-state index contributed by atoms with van der Waals surface area (Å²) >= 11 is 0. The molecule has 0 spiro atoms. The van der Waals surface area contributed by atoms with Crippen molar-refractivity contribution in [1.82, 2.24) is 0 Å². The summed E-state index contributed by atoms with van der Waals surface area (Å²) in [6.07, 6.45) is 8.25. The number of hydrogen-bond donors (Lipinski definition) is 1. The Kier molecular flexibility index (Phi) is 8.08. The van der Waals surface area contributed by atoms with Crippen LogP contribution in [0.2, 0.25) is 0 Å². The summed E-state index contributed by atoms with van der Waals surface area (Å²) in [5.41, 5.74) is 0. The molecule has 1 rings (SSSR count). The van der Waals surface area contributed by atoms with Crippen LogP contribution in [-0.4, -0.2) is 30.7 Å². The van der Waals surface area contributed by atoms with Gasteiger partial charge in [0.05, 0.1) is 13.2 Å². The van der Waals surface area contributed by atoms with Crippen molar-refractivity contribution in [3.8, 4) is 11.8 Å². The molecule has 0 unspecified atom stereocenters. The lowest BCUT2D eigenvalue weighted by Crippen LogP contribution is -2.24. The minimum absolute atomic E-state index is 0.282. The van der Waals surface area contributed by atoms with Crippen molar-refractivity contribution < 1.29 is 14.6 Å². The van der Waals surface area contributed by atoms with E-state index in [9.17, 15) is 0 Å². The molecule has 0 radical (unpaired) electrons. The van der Waals surface area contributed by atoms with Crippen molar-refractivity contribution in [2.75, 3.05) is 19.8 Å². The first kappa shape index (κ1) is 15.5. The summed E-state index contributed by atoms with van der Waals surface area (Å²) in [5, 5.41) is 8.61. The van der Waals surface area contributed by atoms with Gasteiger partial charge in [0.1, 0.15) is 0 Å². The summed E-state index contributed by atoms with van der Waals surface area (Å²) in [4.78, 5) is 0. The lowest BCUT2D eigenvalue weighted by Gasteiger charge is -2.21. The Labute approximate surface area is 111 Å². The van der Waals surface area contributed by atoms with Crippen LogP contribution in [0, 0.1) is 11.8 Å². The van der Waals surface area contributed by atoms with Crippen LogP contribution in [0.25, 0.3) is 0 Å². The van der Waals surface area contributed by atoms with E-state index in [0.29, 0.717) is 0 Å². The molecule has 0 saturated carbocycles. The Hall–Kier alpha value is -0.560. The Balaban J connectivity index is 1.89. The number of unbranched alkanes of at least 4 members (excludes halogenated alkanes) is 5. The number of hydrogen-bond acceptors (Lipinski definition) is 3. The first-order valence-electron chi connectivity index (χ1n) is 7.11. The number of aliphatic hydroxyl groups excluding tert-OH is 1. The van der Waals surface area contributed by atoms with Crippen LogP contribution in [0.4, 0.5) is 0 Å². The molecule has 0 atom stereocenters. The summed E-state index contributed by atoms with van der Waals surface area (Å²) in [6.45, 7) is 3.77. The highest BCUT2D eigenvalue weighted by molar-refractivity contribution is 4.98. The maximum Gasteiger partial charge on any atom is 0.165 e. The van der Waals surface area contributed by atoms with Gasteiger partial charge < -0.3 is 14.6 Å². The average Bonchev–Trinajstić information content (AvgIpc) is 2.79. The second-order valence-electron chi connectivity index (χ2n) is 4.93. The van der Waals surface area contributed by atoms with Gasteiger partial charge in [-0.05, 0) is 32.6 Å². The highest BCUT2D eigenvalue weighted by Crippen LogP contribution is 2.25. The smallest absolute Gasteiger partial charge is 0.165 e. The zero-order valence-electron chi connectivity index (χ0n) is 11.5. The number of aliphatic hydroxyl groups is 1. The van der Waals surface area contributed by atoms with E-state index in [0.717, 1.165) is 58.2 Å². The topological polar surface area (TPSA) is 38.7 Å². The molecule has 3 nitrogen and oxygen atoms in total. The van der Waals surface area contributed by atoms with Crippen LogP contribution < -0.4 is 0 Å². The summed E-state index contributed by atoms with van der Waals surface area (Å²) in [6, 6.07) is 0. The van der Waals surface area contributed by atoms with Crippen LogP contribution >= 0.6 is 0 Å². The van der Waals surface area contributed by atoms with E-state index in [1.165, 1.54) is 6.42 Å². The predicted molar refractivity (Wildman–Crippen MR) is 72.1 cm³/mol. The molecule has 1 aliphatic heterocycles. The quantitative estimate of drug-likeness (QED) is 0.535. The summed E-state index contributed by atoms with van der Waals surface area (Å²) in [7, 11) is 0. The lowest BCUT2D eigenvalue weighted by molar-refractivity contribution is -0.147. The summed E-state index contributed by atoms with van der Waals surface area (Å²) in [5.74, 6) is 6.01. The van der Waals surface area contributed by atoms with Crippen molar-refractivity contribution in [1.29, 1.82) is 0 Å². The van der Waals surface area contributed by atoms with Crippen molar-refractivity contribution in [2.24, 2.45) is 0 Å². The standard InChI is InChI=1S/C15H26O3/c1-15(17-13-14-18-15)11-9-7-5-3-2-4-6-8-10-12-16/h16H,3,5-14H2,1H3. The van der Waals surface area contributed by atoms with E-state index in [4.69, 9.17) is 14.6 Å². The third-order valence-electron chi connectivity index (χ3n) is 3.17. The first-order valence-corrected chi connectivity index (χ1v) is 7.11. The largest absolute Gasteiger partial charge is 0.396 e. The number of ether oxygens (including phenoxy) is 2. The van der Waals surface area contributed by atoms with Gasteiger partial charge in [-0.1, -0.05) is 6.42 Å². The molecule has 18 heavy (non-hydrogen) atoms. The van der Waals surface area contributed by atoms with E-state index in [1.807, 2.05) is 6.92 Å². The first-order chi connectivity index (χ1) is 8.77. The van der Waals surface area contributed by atoms with Gasteiger partial charge in [0.25, 0.3) is 0 Å².